The van der Waals surface area contributed by atoms with Crippen molar-refractivity contribution in [2.75, 3.05) is 13.7 Å². The van der Waals surface area contributed by atoms with Crippen LogP contribution in [0.2, 0.25) is 0 Å². The van der Waals surface area contributed by atoms with Crippen molar-refractivity contribution in [3.8, 4) is 0 Å². The zero-order chi connectivity index (χ0) is 9.68. The molecule has 0 aliphatic rings. The van der Waals surface area contributed by atoms with Gasteiger partial charge in [-0.05, 0) is 19.9 Å². The van der Waals surface area contributed by atoms with Crippen molar-refractivity contribution in [2.45, 2.75) is 25.9 Å². The van der Waals surface area contributed by atoms with Crippen molar-refractivity contribution in [1.82, 2.24) is 10.1 Å². The second-order valence-electron chi connectivity index (χ2n) is 2.82. The standard InChI is InChI=1S/C8H15N3O2/c1-6(12-2)8-10-7(13-11-8)4-3-5-9/h6H,3-5,9H2,1-2H3. The van der Waals surface area contributed by atoms with E-state index in [1.54, 1.807) is 7.11 Å². The van der Waals surface area contributed by atoms with Gasteiger partial charge in [-0.1, -0.05) is 5.16 Å². The van der Waals surface area contributed by atoms with Crippen LogP contribution in [0.4, 0.5) is 0 Å². The lowest BCUT2D eigenvalue weighted by Crippen LogP contribution is -2.01. The molecule has 1 heterocycles. The third kappa shape index (κ3) is 2.78. The highest BCUT2D eigenvalue weighted by atomic mass is 16.5. The topological polar surface area (TPSA) is 74.2 Å². The van der Waals surface area contributed by atoms with Crippen LogP contribution < -0.4 is 5.73 Å². The van der Waals surface area contributed by atoms with E-state index < -0.39 is 0 Å². The fourth-order valence-corrected chi connectivity index (χ4v) is 0.893. The Labute approximate surface area is 77.3 Å². The van der Waals surface area contributed by atoms with Gasteiger partial charge in [-0.25, -0.2) is 0 Å². The van der Waals surface area contributed by atoms with Gasteiger partial charge in [0.1, 0.15) is 6.10 Å². The summed E-state index contributed by atoms with van der Waals surface area (Å²) in [7, 11) is 1.61. The van der Waals surface area contributed by atoms with Crippen LogP contribution in [0, 0.1) is 0 Å². The summed E-state index contributed by atoms with van der Waals surface area (Å²) < 4.78 is 10.0. The molecule has 5 heteroatoms. The number of methoxy groups -OCH3 is 1. The van der Waals surface area contributed by atoms with Gasteiger partial charge >= 0.3 is 0 Å². The molecule has 0 fully saturated rings. The molecule has 1 aromatic rings. The van der Waals surface area contributed by atoms with Crippen LogP contribution in [0.3, 0.4) is 0 Å². The highest BCUT2D eigenvalue weighted by Crippen LogP contribution is 2.11. The molecule has 1 rings (SSSR count). The lowest BCUT2D eigenvalue weighted by molar-refractivity contribution is 0.109. The van der Waals surface area contributed by atoms with Gasteiger partial charge in [0.15, 0.2) is 5.82 Å². The normalized spacial score (nSPS) is 13.2. The third-order valence-electron chi connectivity index (χ3n) is 1.80. The number of hydrogen-bond donors (Lipinski definition) is 1. The molecule has 1 atom stereocenters. The molecule has 0 radical (unpaired) electrons. The summed E-state index contributed by atoms with van der Waals surface area (Å²) in [4.78, 5) is 4.16. The average Bonchev–Trinajstić information content (AvgIpc) is 2.62. The first-order chi connectivity index (χ1) is 6.27. The molecular weight excluding hydrogens is 170 g/mol. The summed E-state index contributed by atoms with van der Waals surface area (Å²) in [5, 5.41) is 3.79. The summed E-state index contributed by atoms with van der Waals surface area (Å²) in [6, 6.07) is 0. The largest absolute Gasteiger partial charge is 0.374 e. The molecule has 0 saturated heterocycles. The van der Waals surface area contributed by atoms with Crippen LogP contribution in [0.25, 0.3) is 0 Å². The summed E-state index contributed by atoms with van der Waals surface area (Å²) in [5.74, 6) is 1.22. The molecule has 0 amide bonds. The van der Waals surface area contributed by atoms with Crippen molar-refractivity contribution in [3.05, 3.63) is 11.7 Å². The van der Waals surface area contributed by atoms with E-state index in [9.17, 15) is 0 Å². The quantitative estimate of drug-likeness (QED) is 0.729. The summed E-state index contributed by atoms with van der Waals surface area (Å²) in [5.41, 5.74) is 5.35. The van der Waals surface area contributed by atoms with E-state index in [2.05, 4.69) is 10.1 Å². The molecule has 5 nitrogen and oxygen atoms in total. The second kappa shape index (κ2) is 4.94. The Kier molecular flexibility index (Phi) is 3.85. The molecule has 0 bridgehead atoms. The zero-order valence-electron chi connectivity index (χ0n) is 7.99. The molecule has 1 aromatic heterocycles. The van der Waals surface area contributed by atoms with E-state index in [1.165, 1.54) is 0 Å². The van der Waals surface area contributed by atoms with Crippen LogP contribution in [-0.2, 0) is 11.2 Å². The molecule has 13 heavy (non-hydrogen) atoms. The van der Waals surface area contributed by atoms with E-state index in [0.717, 1.165) is 12.8 Å². The summed E-state index contributed by atoms with van der Waals surface area (Å²) in [6.07, 6.45) is 1.48. The second-order valence-corrected chi connectivity index (χ2v) is 2.82. The third-order valence-corrected chi connectivity index (χ3v) is 1.80. The SMILES string of the molecule is COC(C)c1noc(CCCN)n1. The molecule has 0 aromatic carbocycles. The van der Waals surface area contributed by atoms with Gasteiger partial charge in [-0.2, -0.15) is 4.98 Å². The van der Waals surface area contributed by atoms with Gasteiger partial charge in [0, 0.05) is 13.5 Å². The Morgan fingerprint density at radius 2 is 2.38 bits per heavy atom. The maximum Gasteiger partial charge on any atom is 0.226 e. The molecular formula is C8H15N3O2. The van der Waals surface area contributed by atoms with Crippen molar-refractivity contribution < 1.29 is 9.26 Å². The first kappa shape index (κ1) is 10.1. The zero-order valence-corrected chi connectivity index (χ0v) is 7.99. The molecule has 2 N–H and O–H groups in total. The predicted octanol–water partition coefficient (Wildman–Crippen LogP) is 0.668. The van der Waals surface area contributed by atoms with E-state index in [0.29, 0.717) is 18.3 Å². The fraction of sp³-hybridized carbons (Fsp3) is 0.750. The Morgan fingerprint density at radius 3 is 3.00 bits per heavy atom. The number of aryl methyl sites for hydroxylation is 1. The van der Waals surface area contributed by atoms with Crippen LogP contribution in [0.5, 0.6) is 0 Å². The van der Waals surface area contributed by atoms with Crippen LogP contribution in [0.15, 0.2) is 4.52 Å². The maximum atomic E-state index is 5.35. The van der Waals surface area contributed by atoms with Crippen LogP contribution in [0.1, 0.15) is 31.2 Å². The Hall–Kier alpha value is -0.940. The Morgan fingerprint density at radius 1 is 1.62 bits per heavy atom. The molecule has 0 aliphatic carbocycles. The predicted molar refractivity (Wildman–Crippen MR) is 47.1 cm³/mol. The van der Waals surface area contributed by atoms with Gasteiger partial charge in [0.05, 0.1) is 0 Å². The van der Waals surface area contributed by atoms with Crippen molar-refractivity contribution >= 4 is 0 Å². The number of aromatic nitrogens is 2. The maximum absolute atomic E-state index is 5.35. The van der Waals surface area contributed by atoms with Gasteiger partial charge in [-0.3, -0.25) is 0 Å². The molecule has 0 aliphatic heterocycles. The number of hydrogen-bond acceptors (Lipinski definition) is 5. The smallest absolute Gasteiger partial charge is 0.226 e. The van der Waals surface area contributed by atoms with Crippen LogP contribution in [-0.4, -0.2) is 23.8 Å². The highest BCUT2D eigenvalue weighted by Gasteiger charge is 2.11. The van der Waals surface area contributed by atoms with Crippen molar-refractivity contribution in [1.29, 1.82) is 0 Å². The van der Waals surface area contributed by atoms with E-state index in [1.807, 2.05) is 6.92 Å². The molecule has 1 unspecified atom stereocenters. The van der Waals surface area contributed by atoms with E-state index >= 15 is 0 Å². The molecule has 74 valence electrons. The minimum Gasteiger partial charge on any atom is -0.374 e. The first-order valence-electron chi connectivity index (χ1n) is 4.33. The van der Waals surface area contributed by atoms with E-state index in [-0.39, 0.29) is 6.10 Å². The summed E-state index contributed by atoms with van der Waals surface area (Å²) >= 11 is 0. The summed E-state index contributed by atoms with van der Waals surface area (Å²) in [6.45, 7) is 2.51. The van der Waals surface area contributed by atoms with Crippen LogP contribution >= 0.6 is 0 Å². The lowest BCUT2D eigenvalue weighted by Gasteiger charge is -2.00. The van der Waals surface area contributed by atoms with E-state index in [4.69, 9.17) is 15.0 Å². The van der Waals surface area contributed by atoms with Gasteiger partial charge in [0.2, 0.25) is 5.89 Å². The first-order valence-corrected chi connectivity index (χ1v) is 4.33. The number of nitrogens with zero attached hydrogens (tertiary/aromatic N) is 2. The minimum absolute atomic E-state index is 0.115. The number of ether oxygens (including phenoxy) is 1. The van der Waals surface area contributed by atoms with Gasteiger partial charge in [-0.15, -0.1) is 0 Å². The molecule has 0 spiro atoms. The Balaban J connectivity index is 2.53. The average molecular weight is 185 g/mol. The number of nitrogens with two attached hydrogens (primary N) is 1. The van der Waals surface area contributed by atoms with Gasteiger partial charge in [0.25, 0.3) is 0 Å². The number of rotatable bonds is 5. The monoisotopic (exact) mass is 185 g/mol. The Bertz CT molecular complexity index is 249. The molecule has 0 saturated carbocycles. The fourth-order valence-electron chi connectivity index (χ4n) is 0.893. The van der Waals surface area contributed by atoms with Crippen molar-refractivity contribution in [3.63, 3.8) is 0 Å². The van der Waals surface area contributed by atoms with Gasteiger partial charge < -0.3 is 15.0 Å². The van der Waals surface area contributed by atoms with Crippen molar-refractivity contribution in [2.24, 2.45) is 5.73 Å². The highest BCUT2D eigenvalue weighted by molar-refractivity contribution is 4.89. The lowest BCUT2D eigenvalue weighted by atomic mass is 10.3. The minimum atomic E-state index is -0.115.